The van der Waals surface area contributed by atoms with Gasteiger partial charge in [-0.1, -0.05) is 43.7 Å². The van der Waals surface area contributed by atoms with Crippen molar-refractivity contribution in [3.05, 3.63) is 59.7 Å². The van der Waals surface area contributed by atoms with E-state index in [1.54, 1.807) is 0 Å². The van der Waals surface area contributed by atoms with Crippen LogP contribution in [0, 0.1) is 6.92 Å². The smallest absolute Gasteiger partial charge is 0.227 e. The Morgan fingerprint density at radius 2 is 1.74 bits per heavy atom. The zero-order valence-corrected chi connectivity index (χ0v) is 14.1. The summed E-state index contributed by atoms with van der Waals surface area (Å²) < 4.78 is 5.57. The number of anilines is 1. The number of hydrogen-bond donors (Lipinski definition) is 1. The number of rotatable bonds is 7. The zero-order chi connectivity index (χ0) is 16.7. The Bertz CT molecular complexity index is 617. The van der Waals surface area contributed by atoms with Crippen LogP contribution in [0.2, 0.25) is 0 Å². The monoisotopic (exact) mass is 311 g/mol. The van der Waals surface area contributed by atoms with E-state index >= 15 is 0 Å². The second-order valence-electron chi connectivity index (χ2n) is 5.89. The summed E-state index contributed by atoms with van der Waals surface area (Å²) in [6.45, 7) is 6.79. The molecule has 0 saturated heterocycles. The number of aryl methyl sites for hydroxylation is 1. The van der Waals surface area contributed by atoms with E-state index in [9.17, 15) is 4.79 Å². The molecule has 0 unspecified atom stereocenters. The molecule has 23 heavy (non-hydrogen) atoms. The fourth-order valence-corrected chi connectivity index (χ4v) is 2.25. The highest BCUT2D eigenvalue weighted by Crippen LogP contribution is 2.20. The molecule has 3 heteroatoms. The van der Waals surface area contributed by atoms with Crippen molar-refractivity contribution in [2.75, 3.05) is 11.9 Å². The molecule has 0 aliphatic rings. The normalized spacial score (nSPS) is 11.8. The van der Waals surface area contributed by atoms with Gasteiger partial charge in [0, 0.05) is 5.69 Å². The first kappa shape index (κ1) is 17.1. The summed E-state index contributed by atoms with van der Waals surface area (Å²) in [5.41, 5.74) is 3.32. The van der Waals surface area contributed by atoms with Gasteiger partial charge < -0.3 is 10.1 Å². The predicted molar refractivity (Wildman–Crippen MR) is 95.1 cm³/mol. The van der Waals surface area contributed by atoms with Crippen LogP contribution in [0.3, 0.4) is 0 Å². The summed E-state index contributed by atoms with van der Waals surface area (Å²) in [5, 5.41) is 2.90. The lowest BCUT2D eigenvalue weighted by Gasteiger charge is -2.11. The van der Waals surface area contributed by atoms with Crippen LogP contribution in [0.5, 0.6) is 5.75 Å². The van der Waals surface area contributed by atoms with E-state index in [1.807, 2.05) is 43.3 Å². The second-order valence-corrected chi connectivity index (χ2v) is 5.89. The summed E-state index contributed by atoms with van der Waals surface area (Å²) in [5.74, 6) is 1.30. The van der Waals surface area contributed by atoms with Crippen LogP contribution in [0.1, 0.15) is 43.7 Å². The Morgan fingerprint density at radius 1 is 1.09 bits per heavy atom. The molecular weight excluding hydrogens is 286 g/mol. The van der Waals surface area contributed by atoms with Crippen molar-refractivity contribution in [2.45, 2.75) is 39.5 Å². The van der Waals surface area contributed by atoms with E-state index in [1.165, 1.54) is 11.1 Å². The Morgan fingerprint density at radius 3 is 2.35 bits per heavy atom. The van der Waals surface area contributed by atoms with Gasteiger partial charge in [-0.05, 0) is 49.1 Å². The number of hydrogen-bond acceptors (Lipinski definition) is 2. The molecule has 1 N–H and O–H groups in total. The standard InChI is InChI=1S/C20H25NO2/c1-4-16(3)17-7-9-18(10-8-17)21-20(22)13-14-23-19-11-5-15(2)6-12-19/h5-12,16H,4,13-14H2,1-3H3,(H,21,22)/t16-/m0/s1. The minimum absolute atomic E-state index is 0.0339. The average Bonchev–Trinajstić information content (AvgIpc) is 2.56. The van der Waals surface area contributed by atoms with Gasteiger partial charge in [-0.15, -0.1) is 0 Å². The lowest BCUT2D eigenvalue weighted by molar-refractivity contribution is -0.116. The Labute approximate surface area is 138 Å². The quantitative estimate of drug-likeness (QED) is 0.788. The number of ether oxygens (including phenoxy) is 1. The van der Waals surface area contributed by atoms with E-state index in [0.717, 1.165) is 17.9 Å². The van der Waals surface area contributed by atoms with Gasteiger partial charge >= 0.3 is 0 Å². The molecule has 3 nitrogen and oxygen atoms in total. The van der Waals surface area contributed by atoms with Crippen LogP contribution in [0.25, 0.3) is 0 Å². The highest BCUT2D eigenvalue weighted by atomic mass is 16.5. The Kier molecular flexibility index (Phi) is 6.21. The molecule has 0 bridgehead atoms. The first-order chi connectivity index (χ1) is 11.1. The van der Waals surface area contributed by atoms with Crippen molar-refractivity contribution in [1.82, 2.24) is 0 Å². The minimum Gasteiger partial charge on any atom is -0.493 e. The van der Waals surface area contributed by atoms with Gasteiger partial charge in [0.15, 0.2) is 0 Å². The number of carbonyl (C=O) groups excluding carboxylic acids is 1. The van der Waals surface area contributed by atoms with E-state index in [-0.39, 0.29) is 5.91 Å². The predicted octanol–water partition coefficient (Wildman–Crippen LogP) is 4.92. The zero-order valence-electron chi connectivity index (χ0n) is 14.1. The van der Waals surface area contributed by atoms with Gasteiger partial charge in [-0.3, -0.25) is 4.79 Å². The summed E-state index contributed by atoms with van der Waals surface area (Å²) in [7, 11) is 0. The maximum atomic E-state index is 11.9. The van der Waals surface area contributed by atoms with Crippen molar-refractivity contribution < 1.29 is 9.53 Å². The van der Waals surface area contributed by atoms with E-state index in [4.69, 9.17) is 4.74 Å². The molecule has 0 aliphatic heterocycles. The molecule has 0 fully saturated rings. The number of nitrogens with one attached hydrogen (secondary N) is 1. The molecule has 1 atom stereocenters. The highest BCUT2D eigenvalue weighted by molar-refractivity contribution is 5.90. The SMILES string of the molecule is CC[C@H](C)c1ccc(NC(=O)CCOc2ccc(C)cc2)cc1. The average molecular weight is 311 g/mol. The van der Waals surface area contributed by atoms with Gasteiger partial charge in [0.05, 0.1) is 13.0 Å². The van der Waals surface area contributed by atoms with Gasteiger partial charge in [-0.25, -0.2) is 0 Å². The van der Waals surface area contributed by atoms with Crippen LogP contribution in [0.4, 0.5) is 5.69 Å². The second kappa shape index (κ2) is 8.37. The van der Waals surface area contributed by atoms with Gasteiger partial charge in [0.2, 0.25) is 5.91 Å². The first-order valence-corrected chi connectivity index (χ1v) is 8.17. The van der Waals surface area contributed by atoms with Gasteiger partial charge in [-0.2, -0.15) is 0 Å². The van der Waals surface area contributed by atoms with Crippen LogP contribution >= 0.6 is 0 Å². The maximum absolute atomic E-state index is 11.9. The van der Waals surface area contributed by atoms with E-state index in [2.05, 4.69) is 31.3 Å². The highest BCUT2D eigenvalue weighted by Gasteiger charge is 2.05. The van der Waals surface area contributed by atoms with Crippen molar-refractivity contribution >= 4 is 11.6 Å². The Balaban J connectivity index is 1.77. The molecule has 0 aliphatic carbocycles. The lowest BCUT2D eigenvalue weighted by atomic mass is 9.99. The van der Waals surface area contributed by atoms with Crippen LogP contribution in [-0.2, 0) is 4.79 Å². The summed E-state index contributed by atoms with van der Waals surface area (Å²) >= 11 is 0. The number of amides is 1. The van der Waals surface area contributed by atoms with Crippen molar-refractivity contribution in [3.63, 3.8) is 0 Å². The fraction of sp³-hybridized carbons (Fsp3) is 0.350. The fourth-order valence-electron chi connectivity index (χ4n) is 2.25. The molecule has 2 aromatic carbocycles. The van der Waals surface area contributed by atoms with Crippen LogP contribution in [-0.4, -0.2) is 12.5 Å². The maximum Gasteiger partial charge on any atom is 0.227 e. The molecule has 0 heterocycles. The molecule has 0 radical (unpaired) electrons. The summed E-state index contributed by atoms with van der Waals surface area (Å²) in [4.78, 5) is 11.9. The van der Waals surface area contributed by atoms with Crippen molar-refractivity contribution in [1.29, 1.82) is 0 Å². The molecule has 0 spiro atoms. The van der Waals surface area contributed by atoms with Gasteiger partial charge in [0.25, 0.3) is 0 Å². The van der Waals surface area contributed by atoms with Crippen molar-refractivity contribution in [2.24, 2.45) is 0 Å². The molecule has 1 amide bonds. The third kappa shape index (κ3) is 5.44. The first-order valence-electron chi connectivity index (χ1n) is 8.17. The molecule has 2 aromatic rings. The molecular formula is C20H25NO2. The summed E-state index contributed by atoms with van der Waals surface area (Å²) in [6, 6.07) is 15.9. The van der Waals surface area contributed by atoms with E-state index < -0.39 is 0 Å². The topological polar surface area (TPSA) is 38.3 Å². The molecule has 122 valence electrons. The largest absolute Gasteiger partial charge is 0.493 e. The number of carbonyl (C=O) groups is 1. The van der Waals surface area contributed by atoms with Crippen LogP contribution < -0.4 is 10.1 Å². The third-order valence-corrected chi connectivity index (χ3v) is 3.99. The molecule has 0 aromatic heterocycles. The lowest BCUT2D eigenvalue weighted by Crippen LogP contribution is -2.15. The van der Waals surface area contributed by atoms with Gasteiger partial charge in [0.1, 0.15) is 5.75 Å². The summed E-state index contributed by atoms with van der Waals surface area (Å²) in [6.07, 6.45) is 1.45. The molecule has 2 rings (SSSR count). The third-order valence-electron chi connectivity index (χ3n) is 3.99. The Hall–Kier alpha value is -2.29. The van der Waals surface area contributed by atoms with Crippen molar-refractivity contribution in [3.8, 4) is 5.75 Å². The van der Waals surface area contributed by atoms with Crippen LogP contribution in [0.15, 0.2) is 48.5 Å². The van der Waals surface area contributed by atoms with E-state index in [0.29, 0.717) is 18.9 Å². The molecule has 0 saturated carbocycles. The number of benzene rings is 2. The minimum atomic E-state index is -0.0339.